The summed E-state index contributed by atoms with van der Waals surface area (Å²) in [6.07, 6.45) is 4.91. The van der Waals surface area contributed by atoms with Crippen LogP contribution >= 0.6 is 0 Å². The maximum Gasteiger partial charge on any atom is 0.325 e. The van der Waals surface area contributed by atoms with E-state index >= 15 is 0 Å². The lowest BCUT2D eigenvalue weighted by Gasteiger charge is -2.34. The second-order valence-electron chi connectivity index (χ2n) is 10.4. The van der Waals surface area contributed by atoms with Crippen LogP contribution in [-0.4, -0.2) is 40.5 Å². The molecule has 3 atom stereocenters. The van der Waals surface area contributed by atoms with Gasteiger partial charge in [-0.25, -0.2) is 10.2 Å². The highest BCUT2D eigenvalue weighted by Crippen LogP contribution is 2.63. The summed E-state index contributed by atoms with van der Waals surface area (Å²) in [6.45, 7) is 6.48. The molecule has 1 aromatic rings. The van der Waals surface area contributed by atoms with Crippen molar-refractivity contribution in [2.24, 2.45) is 21.8 Å². The Labute approximate surface area is 182 Å². The fourth-order valence-electron chi connectivity index (χ4n) is 6.25. The van der Waals surface area contributed by atoms with Crippen molar-refractivity contribution in [1.82, 2.24) is 15.6 Å². The van der Waals surface area contributed by atoms with Crippen molar-refractivity contribution in [3.8, 4) is 0 Å². The van der Waals surface area contributed by atoms with Crippen LogP contribution in [0.3, 0.4) is 0 Å². The first-order valence-electron chi connectivity index (χ1n) is 11.2. The molecule has 5 rings (SSSR count). The molecule has 3 aliphatic carbocycles. The number of hydrogen-bond acceptors (Lipinski definition) is 4. The molecule has 1 spiro atoms. The maximum absolute atomic E-state index is 13.2. The first-order valence-corrected chi connectivity index (χ1v) is 11.2. The zero-order chi connectivity index (χ0) is 22.0. The van der Waals surface area contributed by atoms with E-state index in [1.54, 1.807) is 0 Å². The van der Waals surface area contributed by atoms with Crippen molar-refractivity contribution in [3.05, 3.63) is 35.4 Å². The van der Waals surface area contributed by atoms with Crippen LogP contribution in [0.1, 0.15) is 57.6 Å². The lowest BCUT2D eigenvalue weighted by molar-refractivity contribution is -0.135. The van der Waals surface area contributed by atoms with Gasteiger partial charge in [-0.15, -0.1) is 0 Å². The van der Waals surface area contributed by atoms with Gasteiger partial charge in [-0.2, -0.15) is 5.10 Å². The van der Waals surface area contributed by atoms with Crippen LogP contribution in [0.4, 0.5) is 4.79 Å². The van der Waals surface area contributed by atoms with Gasteiger partial charge in [0.2, 0.25) is 0 Å². The van der Waals surface area contributed by atoms with E-state index in [-0.39, 0.29) is 23.3 Å². The smallest absolute Gasteiger partial charge is 0.323 e. The van der Waals surface area contributed by atoms with Crippen LogP contribution in [0.25, 0.3) is 0 Å². The summed E-state index contributed by atoms with van der Waals surface area (Å²) < 4.78 is 0. The van der Waals surface area contributed by atoms with Gasteiger partial charge >= 0.3 is 6.03 Å². The van der Waals surface area contributed by atoms with E-state index in [1.807, 2.05) is 18.2 Å². The number of benzene rings is 1. The number of hydrogen-bond donors (Lipinski definition) is 2. The zero-order valence-corrected chi connectivity index (χ0v) is 18.5. The molecule has 2 N–H and O–H groups in total. The van der Waals surface area contributed by atoms with Crippen molar-refractivity contribution >= 4 is 23.6 Å². The highest BCUT2D eigenvalue weighted by Gasteiger charge is 2.60. The summed E-state index contributed by atoms with van der Waals surface area (Å²) in [6, 6.07) is 7.49. The zero-order valence-electron chi connectivity index (χ0n) is 18.5. The molecule has 2 bridgehead atoms. The Morgan fingerprint density at radius 2 is 1.94 bits per heavy atom. The van der Waals surface area contributed by atoms with Gasteiger partial charge in [0, 0.05) is 17.5 Å². The molecule has 1 saturated heterocycles. The largest absolute Gasteiger partial charge is 0.325 e. The number of fused-ring (bicyclic) bond motifs is 3. The molecular weight excluding hydrogens is 392 g/mol. The van der Waals surface area contributed by atoms with E-state index < -0.39 is 17.5 Å². The van der Waals surface area contributed by atoms with Gasteiger partial charge in [-0.05, 0) is 54.6 Å². The van der Waals surface area contributed by atoms with Crippen molar-refractivity contribution in [3.63, 3.8) is 0 Å². The molecule has 3 fully saturated rings. The van der Waals surface area contributed by atoms with Crippen LogP contribution < -0.4 is 10.7 Å². The third-order valence-corrected chi connectivity index (χ3v) is 8.81. The highest BCUT2D eigenvalue weighted by atomic mass is 16.2. The number of rotatable bonds is 3. The number of carbonyl (C=O) groups is 3. The quantitative estimate of drug-likeness (QED) is 0.580. The van der Waals surface area contributed by atoms with E-state index in [1.165, 1.54) is 12.0 Å². The summed E-state index contributed by atoms with van der Waals surface area (Å²) >= 11 is 0. The Kier molecular flexibility index (Phi) is 4.33. The first kappa shape index (κ1) is 20.2. The second kappa shape index (κ2) is 6.65. The van der Waals surface area contributed by atoms with E-state index in [2.05, 4.69) is 42.7 Å². The van der Waals surface area contributed by atoms with Crippen LogP contribution in [0, 0.1) is 16.7 Å². The Hall–Kier alpha value is -2.70. The number of nitrogens with one attached hydrogen (secondary N) is 2. The number of nitrogens with zero attached hydrogens (tertiary/aromatic N) is 2. The van der Waals surface area contributed by atoms with Gasteiger partial charge < -0.3 is 5.32 Å². The molecule has 0 aromatic heterocycles. The van der Waals surface area contributed by atoms with Gasteiger partial charge in [0.25, 0.3) is 11.8 Å². The number of amides is 4. The summed E-state index contributed by atoms with van der Waals surface area (Å²) in [5.74, 6) is -0.163. The normalized spacial score (nSPS) is 34.4. The van der Waals surface area contributed by atoms with Crippen LogP contribution in [0.15, 0.2) is 29.4 Å². The fourth-order valence-corrected chi connectivity index (χ4v) is 6.25. The van der Waals surface area contributed by atoms with Crippen molar-refractivity contribution < 1.29 is 14.4 Å². The summed E-state index contributed by atoms with van der Waals surface area (Å²) in [5.41, 5.74) is 5.16. The fraction of sp³-hybridized carbons (Fsp3) is 0.583. The van der Waals surface area contributed by atoms with Crippen LogP contribution in [-0.2, 0) is 22.4 Å². The number of hydrazone groups is 1. The lowest BCUT2D eigenvalue weighted by Crippen LogP contribution is -2.51. The minimum Gasteiger partial charge on any atom is -0.323 e. The van der Waals surface area contributed by atoms with Gasteiger partial charge in [-0.1, -0.05) is 45.0 Å². The molecule has 7 heteroatoms. The Morgan fingerprint density at radius 1 is 1.19 bits per heavy atom. The molecule has 0 radical (unpaired) electrons. The third kappa shape index (κ3) is 2.85. The number of carbonyl (C=O) groups excluding carboxylic acids is 3. The molecule has 31 heavy (non-hydrogen) atoms. The number of imide groups is 1. The van der Waals surface area contributed by atoms with Gasteiger partial charge in [0.05, 0.1) is 0 Å². The maximum atomic E-state index is 13.2. The predicted octanol–water partition coefficient (Wildman–Crippen LogP) is 2.78. The molecule has 4 aliphatic rings. The molecule has 4 amide bonds. The molecule has 1 heterocycles. The molecule has 1 aliphatic heterocycles. The first-order chi connectivity index (χ1) is 14.7. The lowest BCUT2D eigenvalue weighted by atomic mass is 9.70. The SMILES string of the molecule is CC12CCC(C/C1=N\NC(=O)CN1C(=O)NC3(CCc4ccccc4C3)C1=O)C2(C)C. The number of aryl methyl sites for hydroxylation is 1. The Morgan fingerprint density at radius 3 is 2.61 bits per heavy atom. The molecule has 7 nitrogen and oxygen atoms in total. The average molecular weight is 423 g/mol. The van der Waals surface area contributed by atoms with Crippen molar-refractivity contribution in [2.75, 3.05) is 6.54 Å². The average Bonchev–Trinajstić information content (AvgIpc) is 3.18. The van der Waals surface area contributed by atoms with Crippen molar-refractivity contribution in [2.45, 2.75) is 64.8 Å². The standard InChI is InChI=1S/C24H30N4O3/c1-22(2)17-9-10-23(22,3)18(12-17)26-27-19(29)14-28-20(30)24(25-21(28)31)11-8-15-6-4-5-7-16(15)13-24/h4-7,17H,8-14H2,1-3H3,(H,25,31)(H,27,29)/b26-18+. The minimum absolute atomic E-state index is 0.00860. The Balaban J connectivity index is 1.27. The molecule has 2 saturated carbocycles. The third-order valence-electron chi connectivity index (χ3n) is 8.81. The van der Waals surface area contributed by atoms with E-state index in [9.17, 15) is 14.4 Å². The van der Waals surface area contributed by atoms with Crippen LogP contribution in [0.5, 0.6) is 0 Å². The number of urea groups is 1. The van der Waals surface area contributed by atoms with Gasteiger partial charge in [0.15, 0.2) is 0 Å². The molecular formula is C24H30N4O3. The van der Waals surface area contributed by atoms with Crippen molar-refractivity contribution in [1.29, 1.82) is 0 Å². The predicted molar refractivity (Wildman–Crippen MR) is 116 cm³/mol. The topological polar surface area (TPSA) is 90.9 Å². The van der Waals surface area contributed by atoms with Gasteiger partial charge in [0.1, 0.15) is 12.1 Å². The molecule has 1 aromatic carbocycles. The monoisotopic (exact) mass is 422 g/mol. The second-order valence-corrected chi connectivity index (χ2v) is 10.4. The summed E-state index contributed by atoms with van der Waals surface area (Å²) in [4.78, 5) is 39.4. The molecule has 164 valence electrons. The van der Waals surface area contributed by atoms with E-state index in [0.717, 1.165) is 35.4 Å². The molecule has 3 unspecified atom stereocenters. The summed E-state index contributed by atoms with van der Waals surface area (Å²) in [7, 11) is 0. The highest BCUT2D eigenvalue weighted by molar-refractivity contribution is 6.09. The van der Waals surface area contributed by atoms with E-state index in [4.69, 9.17) is 0 Å². The Bertz CT molecular complexity index is 1020. The summed E-state index contributed by atoms with van der Waals surface area (Å²) in [5, 5.41) is 7.32. The van der Waals surface area contributed by atoms with E-state index in [0.29, 0.717) is 18.8 Å². The van der Waals surface area contributed by atoms with Gasteiger partial charge in [-0.3, -0.25) is 14.5 Å². The minimum atomic E-state index is -0.945. The van der Waals surface area contributed by atoms with Crippen LogP contribution in [0.2, 0.25) is 0 Å².